The highest BCUT2D eigenvalue weighted by atomic mass is 32.2. The molecular formula is C16H22O2S3. The van der Waals surface area contributed by atoms with Crippen LogP contribution in [0.1, 0.15) is 32.1 Å². The van der Waals surface area contributed by atoms with E-state index >= 15 is 0 Å². The Kier molecular flexibility index (Phi) is 7.20. The van der Waals surface area contributed by atoms with E-state index in [-0.39, 0.29) is 0 Å². The number of unbranched alkanes of at least 4 members (excludes halogenated alkanes) is 2. The maximum atomic E-state index is 12.0. The van der Waals surface area contributed by atoms with Gasteiger partial charge in [-0.25, -0.2) is 8.42 Å². The summed E-state index contributed by atoms with van der Waals surface area (Å²) in [7, 11) is -3.26. The Morgan fingerprint density at radius 2 is 1.81 bits per heavy atom. The molecule has 0 radical (unpaired) electrons. The molecule has 0 spiro atoms. The van der Waals surface area contributed by atoms with Crippen LogP contribution in [0.2, 0.25) is 0 Å². The fourth-order valence-electron chi connectivity index (χ4n) is 2.16. The molecule has 1 aliphatic rings. The SMILES string of the molecule is O=S(=O)(/C=C/CCCCC1SCCCS1)c1ccccc1. The molecular weight excluding hydrogens is 320 g/mol. The molecule has 0 aromatic heterocycles. The molecule has 1 aromatic rings. The summed E-state index contributed by atoms with van der Waals surface area (Å²) in [5.74, 6) is 2.60. The highest BCUT2D eigenvalue weighted by molar-refractivity contribution is 8.17. The van der Waals surface area contributed by atoms with E-state index in [9.17, 15) is 8.42 Å². The zero-order valence-electron chi connectivity index (χ0n) is 12.1. The molecule has 0 bridgehead atoms. The Morgan fingerprint density at radius 3 is 2.52 bits per heavy atom. The van der Waals surface area contributed by atoms with E-state index in [0.29, 0.717) is 4.90 Å². The third kappa shape index (κ3) is 6.09. The fourth-order valence-corrected chi connectivity index (χ4v) is 6.20. The van der Waals surface area contributed by atoms with Crippen molar-refractivity contribution in [3.8, 4) is 0 Å². The third-order valence-electron chi connectivity index (χ3n) is 3.30. The van der Waals surface area contributed by atoms with Gasteiger partial charge in [-0.05, 0) is 49.3 Å². The lowest BCUT2D eigenvalue weighted by atomic mass is 10.2. The Hall–Kier alpha value is -0.390. The van der Waals surface area contributed by atoms with Crippen molar-refractivity contribution in [1.29, 1.82) is 0 Å². The second-order valence-electron chi connectivity index (χ2n) is 5.04. The Labute approximate surface area is 136 Å². The van der Waals surface area contributed by atoms with Crippen LogP contribution >= 0.6 is 23.5 Å². The average Bonchev–Trinajstić information content (AvgIpc) is 2.52. The average molecular weight is 343 g/mol. The monoisotopic (exact) mass is 342 g/mol. The third-order valence-corrected chi connectivity index (χ3v) is 7.86. The summed E-state index contributed by atoms with van der Waals surface area (Å²) >= 11 is 4.16. The van der Waals surface area contributed by atoms with Crippen molar-refractivity contribution in [1.82, 2.24) is 0 Å². The molecule has 1 heterocycles. The van der Waals surface area contributed by atoms with E-state index in [1.807, 2.05) is 6.07 Å². The van der Waals surface area contributed by atoms with Crippen LogP contribution in [0.4, 0.5) is 0 Å². The number of rotatable bonds is 7. The first kappa shape index (κ1) is 17.0. The summed E-state index contributed by atoms with van der Waals surface area (Å²) in [5, 5.41) is 1.35. The molecule has 116 valence electrons. The Bertz CT molecular complexity index is 532. The molecule has 2 nitrogen and oxygen atoms in total. The Morgan fingerprint density at radius 1 is 1.10 bits per heavy atom. The van der Waals surface area contributed by atoms with E-state index < -0.39 is 9.84 Å². The predicted octanol–water partition coefficient (Wildman–Crippen LogP) is 4.73. The summed E-state index contributed by atoms with van der Waals surface area (Å²) < 4.78 is 24.8. The van der Waals surface area contributed by atoms with Crippen molar-refractivity contribution < 1.29 is 8.42 Å². The highest BCUT2D eigenvalue weighted by Crippen LogP contribution is 2.33. The largest absolute Gasteiger partial charge is 0.219 e. The van der Waals surface area contributed by atoms with Gasteiger partial charge in [0.1, 0.15) is 0 Å². The van der Waals surface area contributed by atoms with Crippen molar-refractivity contribution in [2.75, 3.05) is 11.5 Å². The summed E-state index contributed by atoms with van der Waals surface area (Å²) in [6.07, 6.45) is 7.47. The van der Waals surface area contributed by atoms with E-state index in [0.717, 1.165) is 17.4 Å². The summed E-state index contributed by atoms with van der Waals surface area (Å²) in [6.45, 7) is 0. The maximum Gasteiger partial charge on any atom is 0.199 e. The van der Waals surface area contributed by atoms with Crippen molar-refractivity contribution in [3.05, 3.63) is 41.8 Å². The van der Waals surface area contributed by atoms with Crippen molar-refractivity contribution in [2.24, 2.45) is 0 Å². The summed E-state index contributed by atoms with van der Waals surface area (Å²) in [5.41, 5.74) is 0. The van der Waals surface area contributed by atoms with Crippen LogP contribution in [0.5, 0.6) is 0 Å². The predicted molar refractivity (Wildman–Crippen MR) is 94.6 cm³/mol. The first-order chi connectivity index (χ1) is 10.2. The number of benzene rings is 1. The maximum absolute atomic E-state index is 12.0. The van der Waals surface area contributed by atoms with Crippen LogP contribution in [0, 0.1) is 0 Å². The van der Waals surface area contributed by atoms with E-state index in [1.54, 1.807) is 30.3 Å². The molecule has 0 amide bonds. The smallest absolute Gasteiger partial charge is 0.199 e. The number of thioether (sulfide) groups is 2. The first-order valence-corrected chi connectivity index (χ1v) is 11.0. The normalized spacial score (nSPS) is 17.3. The van der Waals surface area contributed by atoms with Gasteiger partial charge in [0.2, 0.25) is 0 Å². The molecule has 0 saturated carbocycles. The molecule has 1 saturated heterocycles. The minimum absolute atomic E-state index is 0.372. The molecule has 0 aliphatic carbocycles. The van der Waals surface area contributed by atoms with Crippen LogP contribution < -0.4 is 0 Å². The molecule has 1 aromatic carbocycles. The number of allylic oxidation sites excluding steroid dienone is 1. The van der Waals surface area contributed by atoms with Gasteiger partial charge in [0.05, 0.1) is 9.48 Å². The molecule has 0 atom stereocenters. The van der Waals surface area contributed by atoms with Crippen LogP contribution in [0.25, 0.3) is 0 Å². The molecule has 1 fully saturated rings. The van der Waals surface area contributed by atoms with Crippen molar-refractivity contribution in [3.63, 3.8) is 0 Å². The van der Waals surface area contributed by atoms with Gasteiger partial charge < -0.3 is 0 Å². The first-order valence-electron chi connectivity index (χ1n) is 7.38. The van der Waals surface area contributed by atoms with Gasteiger partial charge in [-0.3, -0.25) is 0 Å². The van der Waals surface area contributed by atoms with E-state index in [1.165, 1.54) is 36.2 Å². The van der Waals surface area contributed by atoms with Gasteiger partial charge in [0.25, 0.3) is 0 Å². The van der Waals surface area contributed by atoms with Gasteiger partial charge in [-0.1, -0.05) is 30.7 Å². The highest BCUT2D eigenvalue weighted by Gasteiger charge is 2.13. The molecule has 0 unspecified atom stereocenters. The molecule has 21 heavy (non-hydrogen) atoms. The van der Waals surface area contributed by atoms with E-state index in [4.69, 9.17) is 0 Å². The molecule has 5 heteroatoms. The minimum Gasteiger partial charge on any atom is -0.219 e. The van der Waals surface area contributed by atoms with E-state index in [2.05, 4.69) is 23.5 Å². The second-order valence-corrected chi connectivity index (χ2v) is 9.79. The number of hydrogen-bond acceptors (Lipinski definition) is 4. The standard InChI is InChI=1S/C16H22O2S3/c17-21(18,15-9-4-3-5-10-15)14-7-2-1-6-11-16-19-12-8-13-20-16/h3-5,7,9-10,14,16H,1-2,6,8,11-13H2/b14-7+. The van der Waals surface area contributed by atoms with Crippen molar-refractivity contribution >= 4 is 33.4 Å². The quantitative estimate of drug-likeness (QED) is 0.671. The summed E-state index contributed by atoms with van der Waals surface area (Å²) in [6, 6.07) is 8.60. The van der Waals surface area contributed by atoms with Gasteiger partial charge in [-0.15, -0.1) is 23.5 Å². The zero-order valence-corrected chi connectivity index (χ0v) is 14.6. The summed E-state index contributed by atoms with van der Waals surface area (Å²) in [4.78, 5) is 0.372. The lowest BCUT2D eigenvalue weighted by Gasteiger charge is -2.20. The van der Waals surface area contributed by atoms with Gasteiger partial charge in [-0.2, -0.15) is 0 Å². The van der Waals surface area contributed by atoms with Crippen LogP contribution in [-0.2, 0) is 9.84 Å². The van der Waals surface area contributed by atoms with Crippen LogP contribution in [-0.4, -0.2) is 24.5 Å². The lowest BCUT2D eigenvalue weighted by Crippen LogP contribution is -2.06. The minimum atomic E-state index is -3.26. The molecule has 0 N–H and O–H groups in total. The van der Waals surface area contributed by atoms with Gasteiger partial charge >= 0.3 is 0 Å². The zero-order chi connectivity index (χ0) is 15.0. The Balaban J connectivity index is 1.68. The van der Waals surface area contributed by atoms with Gasteiger partial charge in [0, 0.05) is 5.41 Å². The fraction of sp³-hybridized carbons (Fsp3) is 0.500. The van der Waals surface area contributed by atoms with Crippen LogP contribution in [0.3, 0.4) is 0 Å². The molecule has 1 aliphatic heterocycles. The van der Waals surface area contributed by atoms with Crippen LogP contribution in [0.15, 0.2) is 46.7 Å². The lowest BCUT2D eigenvalue weighted by molar-refractivity contribution is 0.604. The second kappa shape index (κ2) is 8.91. The number of hydrogen-bond donors (Lipinski definition) is 0. The topological polar surface area (TPSA) is 34.1 Å². The van der Waals surface area contributed by atoms with Gasteiger partial charge in [0.15, 0.2) is 9.84 Å². The molecule has 2 rings (SSSR count). The number of sulfone groups is 1. The van der Waals surface area contributed by atoms with Crippen molar-refractivity contribution in [2.45, 2.75) is 41.6 Å².